The molecule has 0 bridgehead atoms. The van der Waals surface area contributed by atoms with E-state index >= 15 is 0 Å². The molecule has 1 heterocycles. The van der Waals surface area contributed by atoms with Crippen LogP contribution in [0.1, 0.15) is 18.1 Å². The zero-order chi connectivity index (χ0) is 14.7. The Kier molecular flexibility index (Phi) is 4.12. The van der Waals surface area contributed by atoms with Crippen molar-refractivity contribution in [3.8, 4) is 11.5 Å². The van der Waals surface area contributed by atoms with Crippen LogP contribution in [0.5, 0.6) is 11.5 Å². The number of methoxy groups -OCH3 is 3. The maximum absolute atomic E-state index is 11.7. The van der Waals surface area contributed by atoms with Crippen LogP contribution < -0.4 is 9.47 Å². The van der Waals surface area contributed by atoms with Crippen LogP contribution in [0.4, 0.5) is 0 Å². The Hall–Kier alpha value is -2.24. The Morgan fingerprint density at radius 2 is 1.90 bits per heavy atom. The second-order valence-electron chi connectivity index (χ2n) is 4.36. The van der Waals surface area contributed by atoms with Crippen LogP contribution in [0.3, 0.4) is 0 Å². The molecular formula is C14H16O6. The molecule has 1 saturated heterocycles. The molecular weight excluding hydrogens is 264 g/mol. The molecule has 1 aliphatic heterocycles. The number of cyclic esters (lactones) is 1. The number of carbonyl (C=O) groups is 2. The van der Waals surface area contributed by atoms with Gasteiger partial charge in [-0.05, 0) is 17.7 Å². The summed E-state index contributed by atoms with van der Waals surface area (Å²) < 4.78 is 20.3. The van der Waals surface area contributed by atoms with Gasteiger partial charge in [0.25, 0.3) is 0 Å². The van der Waals surface area contributed by atoms with E-state index in [-0.39, 0.29) is 6.42 Å². The lowest BCUT2D eigenvalue weighted by Crippen LogP contribution is -2.19. The molecule has 0 aromatic heterocycles. The summed E-state index contributed by atoms with van der Waals surface area (Å²) in [4.78, 5) is 23.2. The quantitative estimate of drug-likeness (QED) is 0.778. The predicted molar refractivity (Wildman–Crippen MR) is 68.5 cm³/mol. The lowest BCUT2D eigenvalue weighted by atomic mass is 9.95. The first-order valence-electron chi connectivity index (χ1n) is 6.10. The van der Waals surface area contributed by atoms with E-state index in [1.165, 1.54) is 21.3 Å². The zero-order valence-electron chi connectivity index (χ0n) is 11.5. The monoisotopic (exact) mass is 280 g/mol. The van der Waals surface area contributed by atoms with Crippen LogP contribution in [-0.2, 0) is 19.1 Å². The minimum atomic E-state index is -0.658. The Labute approximate surface area is 116 Å². The molecule has 2 atom stereocenters. The summed E-state index contributed by atoms with van der Waals surface area (Å²) in [6, 6.07) is 5.13. The predicted octanol–water partition coefficient (Wildman–Crippen LogP) is 1.48. The number of hydrogen-bond donors (Lipinski definition) is 0. The van der Waals surface area contributed by atoms with E-state index in [9.17, 15) is 9.59 Å². The van der Waals surface area contributed by atoms with Gasteiger partial charge in [0, 0.05) is 0 Å². The van der Waals surface area contributed by atoms with Crippen molar-refractivity contribution in [2.24, 2.45) is 5.92 Å². The van der Waals surface area contributed by atoms with E-state index in [0.717, 1.165) is 0 Å². The molecule has 1 aromatic rings. The van der Waals surface area contributed by atoms with Crippen LogP contribution in [-0.4, -0.2) is 33.3 Å². The third kappa shape index (κ3) is 2.54. The molecule has 1 fully saturated rings. The second-order valence-corrected chi connectivity index (χ2v) is 4.36. The fourth-order valence-corrected chi connectivity index (χ4v) is 2.25. The number of hydrogen-bond acceptors (Lipinski definition) is 6. The first kappa shape index (κ1) is 14.2. The van der Waals surface area contributed by atoms with Gasteiger partial charge in [-0.15, -0.1) is 0 Å². The lowest BCUT2D eigenvalue weighted by Gasteiger charge is -2.17. The molecule has 6 nitrogen and oxygen atoms in total. The summed E-state index contributed by atoms with van der Waals surface area (Å²) >= 11 is 0. The summed E-state index contributed by atoms with van der Waals surface area (Å²) in [6.07, 6.45) is -0.638. The van der Waals surface area contributed by atoms with Crippen molar-refractivity contribution in [3.05, 3.63) is 23.8 Å². The van der Waals surface area contributed by atoms with E-state index in [1.54, 1.807) is 18.2 Å². The molecule has 2 unspecified atom stereocenters. The van der Waals surface area contributed by atoms with Crippen LogP contribution >= 0.6 is 0 Å². The number of benzene rings is 1. The normalized spacial score (nSPS) is 21.2. The Morgan fingerprint density at radius 3 is 2.50 bits per heavy atom. The minimum Gasteiger partial charge on any atom is -0.493 e. The maximum atomic E-state index is 11.7. The van der Waals surface area contributed by atoms with Crippen molar-refractivity contribution < 1.29 is 28.5 Å². The van der Waals surface area contributed by atoms with E-state index < -0.39 is 24.0 Å². The molecule has 0 aliphatic carbocycles. The van der Waals surface area contributed by atoms with Gasteiger partial charge in [0.05, 0.1) is 27.8 Å². The maximum Gasteiger partial charge on any atom is 0.313 e. The van der Waals surface area contributed by atoms with E-state index in [0.29, 0.717) is 17.1 Å². The molecule has 0 amide bonds. The van der Waals surface area contributed by atoms with Crippen molar-refractivity contribution in [1.82, 2.24) is 0 Å². The second kappa shape index (κ2) is 5.81. The number of rotatable bonds is 4. The average molecular weight is 280 g/mol. The average Bonchev–Trinajstić information content (AvgIpc) is 2.87. The fourth-order valence-electron chi connectivity index (χ4n) is 2.25. The summed E-state index contributed by atoms with van der Waals surface area (Å²) in [6.45, 7) is 0. The highest BCUT2D eigenvalue weighted by atomic mass is 16.6. The number of esters is 2. The van der Waals surface area contributed by atoms with Crippen LogP contribution in [0, 0.1) is 5.92 Å². The van der Waals surface area contributed by atoms with Crippen molar-refractivity contribution >= 4 is 11.9 Å². The molecule has 0 saturated carbocycles. The number of carbonyl (C=O) groups excluding carboxylic acids is 2. The molecule has 1 aliphatic rings. The van der Waals surface area contributed by atoms with Gasteiger partial charge in [-0.1, -0.05) is 6.07 Å². The number of ether oxygens (including phenoxy) is 4. The molecule has 0 N–H and O–H groups in total. The van der Waals surface area contributed by atoms with Crippen molar-refractivity contribution in [1.29, 1.82) is 0 Å². The SMILES string of the molecule is COC(=O)C1CC(=O)OC1c1ccc(OC)c(OC)c1. The van der Waals surface area contributed by atoms with Gasteiger partial charge in [0.2, 0.25) is 0 Å². The van der Waals surface area contributed by atoms with Gasteiger partial charge in [0.1, 0.15) is 12.0 Å². The van der Waals surface area contributed by atoms with Crippen LogP contribution in [0.2, 0.25) is 0 Å². The smallest absolute Gasteiger partial charge is 0.313 e. The summed E-state index contributed by atoms with van der Waals surface area (Å²) in [7, 11) is 4.33. The lowest BCUT2D eigenvalue weighted by molar-refractivity contribution is -0.147. The van der Waals surface area contributed by atoms with Crippen molar-refractivity contribution in [2.75, 3.05) is 21.3 Å². The first-order valence-corrected chi connectivity index (χ1v) is 6.10. The van der Waals surface area contributed by atoms with E-state index in [1.807, 2.05) is 0 Å². The van der Waals surface area contributed by atoms with Gasteiger partial charge in [-0.3, -0.25) is 9.59 Å². The molecule has 108 valence electrons. The molecule has 0 spiro atoms. The molecule has 6 heteroatoms. The van der Waals surface area contributed by atoms with Crippen molar-refractivity contribution in [2.45, 2.75) is 12.5 Å². The third-order valence-electron chi connectivity index (χ3n) is 3.25. The largest absolute Gasteiger partial charge is 0.493 e. The Bertz CT molecular complexity index is 524. The van der Waals surface area contributed by atoms with Crippen molar-refractivity contribution in [3.63, 3.8) is 0 Å². The summed E-state index contributed by atoms with van der Waals surface area (Å²) in [5, 5.41) is 0. The molecule has 1 aromatic carbocycles. The van der Waals surface area contributed by atoms with E-state index in [2.05, 4.69) is 0 Å². The van der Waals surface area contributed by atoms with E-state index in [4.69, 9.17) is 18.9 Å². The summed E-state index contributed by atoms with van der Waals surface area (Å²) in [5.41, 5.74) is 0.670. The minimum absolute atomic E-state index is 0.0195. The van der Waals surface area contributed by atoms with Gasteiger partial charge in [-0.25, -0.2) is 0 Å². The van der Waals surface area contributed by atoms with Gasteiger partial charge < -0.3 is 18.9 Å². The fraction of sp³-hybridized carbons (Fsp3) is 0.429. The third-order valence-corrected chi connectivity index (χ3v) is 3.25. The molecule has 0 radical (unpaired) electrons. The van der Waals surface area contributed by atoms with Gasteiger partial charge >= 0.3 is 11.9 Å². The van der Waals surface area contributed by atoms with Gasteiger partial charge in [0.15, 0.2) is 11.5 Å². The summed E-state index contributed by atoms with van der Waals surface area (Å²) in [5.74, 6) is -0.437. The molecule has 2 rings (SSSR count). The standard InChI is InChI=1S/C14H16O6/c1-17-10-5-4-8(6-11(10)18-2)13-9(14(16)19-3)7-12(15)20-13/h4-6,9,13H,7H2,1-3H3. The highest BCUT2D eigenvalue weighted by Crippen LogP contribution is 2.39. The molecule has 20 heavy (non-hydrogen) atoms. The Balaban J connectivity index is 2.34. The highest BCUT2D eigenvalue weighted by Gasteiger charge is 2.41. The first-order chi connectivity index (χ1) is 9.60. The van der Waals surface area contributed by atoms with Gasteiger partial charge in [-0.2, -0.15) is 0 Å². The van der Waals surface area contributed by atoms with Crippen LogP contribution in [0.15, 0.2) is 18.2 Å². The topological polar surface area (TPSA) is 71.1 Å². The highest BCUT2D eigenvalue weighted by molar-refractivity contribution is 5.83. The van der Waals surface area contributed by atoms with Crippen LogP contribution in [0.25, 0.3) is 0 Å². The zero-order valence-corrected chi connectivity index (χ0v) is 11.5. The Morgan fingerprint density at radius 1 is 1.20 bits per heavy atom.